The molecule has 0 aliphatic heterocycles. The van der Waals surface area contributed by atoms with Gasteiger partial charge in [0.25, 0.3) is 0 Å². The Labute approximate surface area is 166 Å². The van der Waals surface area contributed by atoms with Gasteiger partial charge in [0.05, 0.1) is 25.1 Å². The van der Waals surface area contributed by atoms with Gasteiger partial charge in [-0.3, -0.25) is 5.32 Å². The van der Waals surface area contributed by atoms with E-state index in [1.54, 1.807) is 19.2 Å². The van der Waals surface area contributed by atoms with Crippen molar-refractivity contribution in [3.8, 4) is 11.3 Å². The average Bonchev–Trinajstić information content (AvgIpc) is 3.07. The van der Waals surface area contributed by atoms with Gasteiger partial charge in [-0.1, -0.05) is 6.07 Å². The molecule has 4 rings (SSSR count). The van der Waals surface area contributed by atoms with Crippen LogP contribution in [-0.4, -0.2) is 29.7 Å². The largest absolute Gasteiger partial charge is 0.453 e. The van der Waals surface area contributed by atoms with Crippen LogP contribution in [0.1, 0.15) is 11.3 Å². The summed E-state index contributed by atoms with van der Waals surface area (Å²) >= 11 is 0. The molecule has 0 unspecified atom stereocenters. The lowest BCUT2D eigenvalue weighted by Crippen LogP contribution is -2.10. The van der Waals surface area contributed by atoms with E-state index in [4.69, 9.17) is 9.72 Å². The summed E-state index contributed by atoms with van der Waals surface area (Å²) in [6.45, 7) is 2.20. The van der Waals surface area contributed by atoms with Crippen LogP contribution < -0.4 is 5.32 Å². The van der Waals surface area contributed by atoms with Gasteiger partial charge in [-0.05, 0) is 54.3 Å². The summed E-state index contributed by atoms with van der Waals surface area (Å²) in [6, 6.07) is 12.2. The number of carbonyl (C=O) groups excluding carboxylic acids is 1. The predicted molar refractivity (Wildman–Crippen MR) is 110 cm³/mol. The van der Waals surface area contributed by atoms with Crippen molar-refractivity contribution >= 4 is 28.2 Å². The monoisotopic (exact) mass is 393 g/mol. The quantitative estimate of drug-likeness (QED) is 0.534. The molecule has 148 valence electrons. The van der Waals surface area contributed by atoms with Gasteiger partial charge in [0, 0.05) is 29.9 Å². The van der Waals surface area contributed by atoms with E-state index in [0.29, 0.717) is 12.3 Å². The van der Waals surface area contributed by atoms with E-state index < -0.39 is 6.09 Å². The number of carbonyl (C=O) groups is 1. The van der Waals surface area contributed by atoms with Gasteiger partial charge < -0.3 is 13.9 Å². The Morgan fingerprint density at radius 1 is 1.17 bits per heavy atom. The number of halogens is 1. The highest BCUT2D eigenvalue weighted by Crippen LogP contribution is 2.32. The Bertz CT molecular complexity index is 1230. The van der Waals surface area contributed by atoms with Crippen LogP contribution >= 0.6 is 0 Å². The average molecular weight is 393 g/mol. The number of anilines is 1. The number of fused-ring (bicyclic) bond motifs is 3. The minimum atomic E-state index is -0.539. The van der Waals surface area contributed by atoms with Crippen molar-refractivity contribution in [3.63, 3.8) is 0 Å². The molecule has 1 N–H and O–H groups in total. The second kappa shape index (κ2) is 7.52. The van der Waals surface area contributed by atoms with Crippen molar-refractivity contribution < 1.29 is 18.7 Å². The number of hydrogen-bond acceptors (Lipinski definition) is 4. The first kappa shape index (κ1) is 18.9. The van der Waals surface area contributed by atoms with Gasteiger partial charge in [-0.15, -0.1) is 0 Å². The van der Waals surface area contributed by atoms with Gasteiger partial charge in [-0.25, -0.2) is 14.2 Å². The molecule has 0 bridgehead atoms. The van der Waals surface area contributed by atoms with Crippen LogP contribution in [0.5, 0.6) is 0 Å². The maximum absolute atomic E-state index is 13.6. The highest BCUT2D eigenvalue weighted by Gasteiger charge is 2.18. The molecule has 0 fully saturated rings. The van der Waals surface area contributed by atoms with E-state index in [1.807, 2.05) is 35.7 Å². The fraction of sp³-hybridized carbons (Fsp3) is 0.182. The van der Waals surface area contributed by atoms with Crippen molar-refractivity contribution in [2.45, 2.75) is 13.5 Å². The fourth-order valence-electron chi connectivity index (χ4n) is 3.50. The Balaban J connectivity index is 1.97. The normalized spacial score (nSPS) is 11.2. The zero-order chi connectivity index (χ0) is 20.5. The van der Waals surface area contributed by atoms with Crippen molar-refractivity contribution in [2.24, 2.45) is 0 Å². The molecule has 0 saturated heterocycles. The molecular weight excluding hydrogens is 373 g/mol. The van der Waals surface area contributed by atoms with Crippen molar-refractivity contribution in [1.29, 1.82) is 0 Å². The van der Waals surface area contributed by atoms with E-state index in [0.717, 1.165) is 38.9 Å². The number of rotatable bonds is 4. The van der Waals surface area contributed by atoms with Gasteiger partial charge >= 0.3 is 6.09 Å². The number of aryl methyl sites for hydroxylation is 1. The molecule has 0 radical (unpaired) electrons. The smallest absolute Gasteiger partial charge is 0.411 e. The Morgan fingerprint density at radius 2 is 2.00 bits per heavy atom. The summed E-state index contributed by atoms with van der Waals surface area (Å²) in [7, 11) is 2.94. The standard InChI is InChI=1S/C22H20FN3O3/c1-13-10-15(23)5-7-17(13)20-19(12-28-2)26-9-8-14-4-6-16(24-22(27)29-3)11-18(14)21(26)25-20/h4-11H,12H2,1-3H3,(H,24,27). The van der Waals surface area contributed by atoms with Gasteiger partial charge in [0.1, 0.15) is 11.5 Å². The first-order valence-electron chi connectivity index (χ1n) is 9.06. The summed E-state index contributed by atoms with van der Waals surface area (Å²) in [5, 5.41) is 4.52. The molecule has 0 saturated carbocycles. The number of hydrogen-bond donors (Lipinski definition) is 1. The highest BCUT2D eigenvalue weighted by atomic mass is 19.1. The Kier molecular flexibility index (Phi) is 4.90. The fourth-order valence-corrected chi connectivity index (χ4v) is 3.50. The Hall–Kier alpha value is -3.45. The number of imidazole rings is 1. The Morgan fingerprint density at radius 3 is 2.72 bits per heavy atom. The molecular formula is C22H20FN3O3. The number of aromatic nitrogens is 2. The van der Waals surface area contributed by atoms with Gasteiger partial charge in [0.15, 0.2) is 0 Å². The number of nitrogens with one attached hydrogen (secondary N) is 1. The number of amides is 1. The van der Waals surface area contributed by atoms with Crippen LogP contribution in [0.2, 0.25) is 0 Å². The third-order valence-electron chi connectivity index (χ3n) is 4.86. The van der Waals surface area contributed by atoms with E-state index in [2.05, 4.69) is 10.1 Å². The molecule has 0 aliphatic carbocycles. The molecule has 2 heterocycles. The molecule has 0 spiro atoms. The minimum Gasteiger partial charge on any atom is -0.453 e. The molecule has 2 aromatic carbocycles. The lowest BCUT2D eigenvalue weighted by Gasteiger charge is -2.08. The lowest BCUT2D eigenvalue weighted by atomic mass is 10.0. The van der Waals surface area contributed by atoms with Gasteiger partial charge in [0.2, 0.25) is 0 Å². The van der Waals surface area contributed by atoms with E-state index in [-0.39, 0.29) is 5.82 Å². The second-order valence-corrected chi connectivity index (χ2v) is 6.73. The number of methoxy groups -OCH3 is 2. The van der Waals surface area contributed by atoms with E-state index in [9.17, 15) is 9.18 Å². The molecule has 4 aromatic rings. The topological polar surface area (TPSA) is 64.9 Å². The lowest BCUT2D eigenvalue weighted by molar-refractivity contribution is 0.181. The van der Waals surface area contributed by atoms with Crippen LogP contribution in [0.15, 0.2) is 48.7 Å². The molecule has 7 heteroatoms. The van der Waals surface area contributed by atoms with Crippen LogP contribution in [0.25, 0.3) is 27.7 Å². The second-order valence-electron chi connectivity index (χ2n) is 6.73. The summed E-state index contributed by atoms with van der Waals surface area (Å²) in [4.78, 5) is 16.5. The number of benzene rings is 2. The van der Waals surface area contributed by atoms with E-state index >= 15 is 0 Å². The number of ether oxygens (including phenoxy) is 2. The summed E-state index contributed by atoms with van der Waals surface area (Å²) in [6.07, 6.45) is 1.40. The summed E-state index contributed by atoms with van der Waals surface area (Å²) in [5.41, 5.74) is 4.57. The van der Waals surface area contributed by atoms with Crippen molar-refractivity contribution in [1.82, 2.24) is 9.38 Å². The molecule has 6 nitrogen and oxygen atoms in total. The maximum atomic E-state index is 13.6. The van der Waals surface area contributed by atoms with Crippen molar-refractivity contribution in [2.75, 3.05) is 19.5 Å². The third-order valence-corrected chi connectivity index (χ3v) is 4.86. The van der Waals surface area contributed by atoms with Gasteiger partial charge in [-0.2, -0.15) is 0 Å². The van der Waals surface area contributed by atoms with Crippen LogP contribution in [0.3, 0.4) is 0 Å². The third kappa shape index (κ3) is 3.40. The first-order valence-corrected chi connectivity index (χ1v) is 9.06. The summed E-state index contributed by atoms with van der Waals surface area (Å²) < 4.78 is 25.7. The maximum Gasteiger partial charge on any atom is 0.411 e. The zero-order valence-corrected chi connectivity index (χ0v) is 16.3. The highest BCUT2D eigenvalue weighted by molar-refractivity contribution is 5.99. The molecule has 29 heavy (non-hydrogen) atoms. The summed E-state index contributed by atoms with van der Waals surface area (Å²) in [5.74, 6) is -0.285. The molecule has 0 aliphatic rings. The SMILES string of the molecule is COCc1c(-c2ccc(F)cc2C)nc2c3cc(NC(=O)OC)ccc3ccn12. The van der Waals surface area contributed by atoms with Crippen LogP contribution in [0, 0.1) is 12.7 Å². The van der Waals surface area contributed by atoms with Crippen LogP contribution in [0.4, 0.5) is 14.9 Å². The van der Waals surface area contributed by atoms with Crippen LogP contribution in [-0.2, 0) is 16.1 Å². The molecule has 1 amide bonds. The zero-order valence-electron chi connectivity index (χ0n) is 16.3. The number of pyridine rings is 1. The van der Waals surface area contributed by atoms with E-state index in [1.165, 1.54) is 19.2 Å². The first-order chi connectivity index (χ1) is 14.0. The molecule has 2 aromatic heterocycles. The van der Waals surface area contributed by atoms with Crippen molar-refractivity contribution in [3.05, 3.63) is 65.7 Å². The predicted octanol–water partition coefficient (Wildman–Crippen LogP) is 4.93. The molecule has 0 atom stereocenters. The minimum absolute atomic E-state index is 0.285. The number of nitrogens with zero attached hydrogens (tertiary/aromatic N) is 2.